The van der Waals surface area contributed by atoms with Gasteiger partial charge in [-0.25, -0.2) is 16.8 Å². The van der Waals surface area contributed by atoms with E-state index >= 15 is 0 Å². The van der Waals surface area contributed by atoms with Crippen molar-refractivity contribution in [2.75, 3.05) is 36.2 Å². The monoisotopic (exact) mass is 377 g/mol. The molecule has 0 aliphatic carbocycles. The van der Waals surface area contributed by atoms with Crippen LogP contribution in [0.5, 0.6) is 0 Å². The van der Waals surface area contributed by atoms with Gasteiger partial charge in [-0.15, -0.1) is 0 Å². The molecule has 0 bridgehead atoms. The number of ether oxygens (including phenoxy) is 1. The number of sulfonamides is 1. The number of hydrogen-bond acceptors (Lipinski definition) is 5. The molecule has 0 spiro atoms. The standard InChI is InChI=1S/C10H20BrNO5S2/c1-10(2)8-12(7-9(6-11)17-10)19(15,16)5-4-18(3,13)14/h9H,4-8H2,1-3H3. The van der Waals surface area contributed by atoms with Gasteiger partial charge in [0.05, 0.1) is 23.2 Å². The lowest BCUT2D eigenvalue weighted by Gasteiger charge is -2.41. The molecular formula is C10H20BrNO5S2. The Morgan fingerprint density at radius 2 is 1.84 bits per heavy atom. The summed E-state index contributed by atoms with van der Waals surface area (Å²) in [6.45, 7) is 4.13. The molecule has 0 radical (unpaired) electrons. The number of halogens is 1. The third-order valence-corrected chi connectivity index (χ3v) is 6.44. The lowest BCUT2D eigenvalue weighted by atomic mass is 10.1. The Bertz CT molecular complexity index is 514. The minimum Gasteiger partial charge on any atom is -0.369 e. The number of alkyl halides is 1. The summed E-state index contributed by atoms with van der Waals surface area (Å²) in [6.07, 6.45) is 0.810. The average molecular weight is 378 g/mol. The van der Waals surface area contributed by atoms with Crippen molar-refractivity contribution in [1.82, 2.24) is 4.31 Å². The molecule has 1 aliphatic rings. The maximum absolute atomic E-state index is 12.2. The summed E-state index contributed by atoms with van der Waals surface area (Å²) in [4.78, 5) is 0. The molecule has 19 heavy (non-hydrogen) atoms. The smallest absolute Gasteiger partial charge is 0.215 e. The number of morpholine rings is 1. The molecule has 114 valence electrons. The molecule has 1 heterocycles. The zero-order valence-electron chi connectivity index (χ0n) is 11.3. The van der Waals surface area contributed by atoms with Crippen molar-refractivity contribution in [3.63, 3.8) is 0 Å². The summed E-state index contributed by atoms with van der Waals surface area (Å²) >= 11 is 3.29. The SMILES string of the molecule is CC1(C)CN(S(=O)(=O)CCS(C)(=O)=O)CC(CBr)O1. The van der Waals surface area contributed by atoms with Crippen molar-refractivity contribution >= 4 is 35.8 Å². The van der Waals surface area contributed by atoms with Gasteiger partial charge in [-0.3, -0.25) is 0 Å². The highest BCUT2D eigenvalue weighted by atomic mass is 79.9. The second-order valence-electron chi connectivity index (χ2n) is 5.39. The first-order valence-electron chi connectivity index (χ1n) is 5.84. The quantitative estimate of drug-likeness (QED) is 0.640. The van der Waals surface area contributed by atoms with Gasteiger partial charge in [-0.1, -0.05) is 15.9 Å². The topological polar surface area (TPSA) is 80.8 Å². The van der Waals surface area contributed by atoms with E-state index in [2.05, 4.69) is 15.9 Å². The van der Waals surface area contributed by atoms with Crippen molar-refractivity contribution in [2.24, 2.45) is 0 Å². The molecule has 0 saturated carbocycles. The van der Waals surface area contributed by atoms with Crippen LogP contribution in [0.15, 0.2) is 0 Å². The summed E-state index contributed by atoms with van der Waals surface area (Å²) in [5.41, 5.74) is -0.575. The van der Waals surface area contributed by atoms with Crippen molar-refractivity contribution in [3.05, 3.63) is 0 Å². The van der Waals surface area contributed by atoms with E-state index in [-0.39, 0.29) is 30.7 Å². The molecular weight excluding hydrogens is 358 g/mol. The highest BCUT2D eigenvalue weighted by molar-refractivity contribution is 9.09. The Kier molecular flexibility index (Phi) is 5.45. The first-order chi connectivity index (χ1) is 8.45. The average Bonchev–Trinajstić information content (AvgIpc) is 2.23. The fraction of sp³-hybridized carbons (Fsp3) is 1.00. The van der Waals surface area contributed by atoms with Gasteiger partial charge in [0.15, 0.2) is 0 Å². The lowest BCUT2D eigenvalue weighted by Crippen LogP contribution is -2.55. The van der Waals surface area contributed by atoms with Crippen LogP contribution in [0.25, 0.3) is 0 Å². The summed E-state index contributed by atoms with van der Waals surface area (Å²) < 4.78 is 53.6. The first-order valence-corrected chi connectivity index (χ1v) is 10.6. The molecule has 6 nitrogen and oxygen atoms in total. The Morgan fingerprint density at radius 3 is 2.32 bits per heavy atom. The van der Waals surface area contributed by atoms with Gasteiger partial charge in [-0.05, 0) is 13.8 Å². The fourth-order valence-corrected chi connectivity index (χ4v) is 5.47. The van der Waals surface area contributed by atoms with Gasteiger partial charge in [0.25, 0.3) is 0 Å². The van der Waals surface area contributed by atoms with Crippen LogP contribution in [0.1, 0.15) is 13.8 Å². The Balaban J connectivity index is 2.82. The lowest BCUT2D eigenvalue weighted by molar-refractivity contribution is -0.106. The van der Waals surface area contributed by atoms with Gasteiger partial charge >= 0.3 is 0 Å². The van der Waals surface area contributed by atoms with E-state index in [1.807, 2.05) is 13.8 Å². The maximum Gasteiger partial charge on any atom is 0.215 e. The first kappa shape index (κ1) is 17.4. The molecule has 9 heteroatoms. The summed E-state index contributed by atoms with van der Waals surface area (Å²) in [7, 11) is -6.87. The van der Waals surface area contributed by atoms with Crippen LogP contribution < -0.4 is 0 Å². The highest BCUT2D eigenvalue weighted by Gasteiger charge is 2.38. The predicted molar refractivity (Wildman–Crippen MR) is 77.8 cm³/mol. The Labute approximate surface area is 123 Å². The molecule has 0 amide bonds. The summed E-state index contributed by atoms with van der Waals surface area (Å²) in [5.74, 6) is -0.733. The third kappa shape index (κ3) is 5.66. The largest absolute Gasteiger partial charge is 0.369 e. The second kappa shape index (κ2) is 5.97. The summed E-state index contributed by atoms with van der Waals surface area (Å²) in [6, 6.07) is 0. The maximum atomic E-state index is 12.2. The van der Waals surface area contributed by atoms with Gasteiger partial charge in [0.2, 0.25) is 10.0 Å². The number of sulfone groups is 1. The molecule has 0 aromatic heterocycles. The Hall–Kier alpha value is 0.300. The van der Waals surface area contributed by atoms with Crippen LogP contribution >= 0.6 is 15.9 Å². The molecule has 0 aromatic carbocycles. The molecule has 1 rings (SSSR count). The Morgan fingerprint density at radius 1 is 1.26 bits per heavy atom. The van der Waals surface area contributed by atoms with E-state index in [0.29, 0.717) is 5.33 Å². The van der Waals surface area contributed by atoms with Gasteiger partial charge in [0, 0.05) is 24.7 Å². The van der Waals surface area contributed by atoms with Crippen LogP contribution in [-0.2, 0) is 24.6 Å². The number of nitrogens with zero attached hydrogens (tertiary/aromatic N) is 1. The molecule has 0 aromatic rings. The van der Waals surface area contributed by atoms with E-state index in [0.717, 1.165) is 6.26 Å². The minimum atomic E-state index is -3.58. The van der Waals surface area contributed by atoms with Crippen LogP contribution in [0.2, 0.25) is 0 Å². The third-order valence-electron chi connectivity index (χ3n) is 2.73. The molecule has 1 fully saturated rings. The second-order valence-corrected chi connectivity index (χ2v) is 10.4. The van der Waals surface area contributed by atoms with E-state index < -0.39 is 25.5 Å². The molecule has 1 saturated heterocycles. The van der Waals surface area contributed by atoms with Crippen LogP contribution in [0.4, 0.5) is 0 Å². The number of hydrogen-bond donors (Lipinski definition) is 0. The van der Waals surface area contributed by atoms with Crippen LogP contribution in [0, 0.1) is 0 Å². The molecule has 1 atom stereocenters. The van der Waals surface area contributed by atoms with Crippen LogP contribution in [-0.4, -0.2) is 69.0 Å². The normalized spacial score (nSPS) is 25.4. The van der Waals surface area contributed by atoms with Crippen molar-refractivity contribution in [2.45, 2.75) is 25.6 Å². The van der Waals surface area contributed by atoms with Crippen molar-refractivity contribution in [1.29, 1.82) is 0 Å². The zero-order chi connectivity index (χ0) is 14.9. The molecule has 0 N–H and O–H groups in total. The summed E-state index contributed by atoms with van der Waals surface area (Å²) in [5, 5.41) is 0.536. The van der Waals surface area contributed by atoms with E-state index in [1.165, 1.54) is 4.31 Å². The minimum absolute atomic E-state index is 0.225. The van der Waals surface area contributed by atoms with E-state index in [1.54, 1.807) is 0 Å². The van der Waals surface area contributed by atoms with Gasteiger partial charge < -0.3 is 4.74 Å². The van der Waals surface area contributed by atoms with Crippen molar-refractivity contribution < 1.29 is 21.6 Å². The van der Waals surface area contributed by atoms with Crippen molar-refractivity contribution in [3.8, 4) is 0 Å². The number of rotatable bonds is 5. The molecule has 1 aliphatic heterocycles. The van der Waals surface area contributed by atoms with Crippen LogP contribution in [0.3, 0.4) is 0 Å². The van der Waals surface area contributed by atoms with E-state index in [4.69, 9.17) is 4.74 Å². The fourth-order valence-electron chi connectivity index (χ4n) is 1.92. The highest BCUT2D eigenvalue weighted by Crippen LogP contribution is 2.24. The van der Waals surface area contributed by atoms with Gasteiger partial charge in [0.1, 0.15) is 9.84 Å². The van der Waals surface area contributed by atoms with Gasteiger partial charge in [-0.2, -0.15) is 4.31 Å². The zero-order valence-corrected chi connectivity index (χ0v) is 14.5. The van der Waals surface area contributed by atoms with E-state index in [9.17, 15) is 16.8 Å². The molecule has 1 unspecified atom stereocenters. The predicted octanol–water partition coefficient (Wildman–Crippen LogP) is 0.235.